The lowest BCUT2D eigenvalue weighted by Gasteiger charge is -2.08. The standard InChI is InChI=1S/C20H20N4O3S/c1-11-6-7-14(12(2)10-11)22-17(25)16-13(3)15-18(28-16)23-20(27)24(19(15)26)9-5-4-8-21/h6-7,10H,4-5,9H2,1-3H3,(H,22,25)(H,23,27). The van der Waals surface area contributed by atoms with Gasteiger partial charge >= 0.3 is 5.69 Å². The summed E-state index contributed by atoms with van der Waals surface area (Å²) in [5, 5.41) is 11.9. The quantitative estimate of drug-likeness (QED) is 0.646. The van der Waals surface area contributed by atoms with Crippen LogP contribution in [0.3, 0.4) is 0 Å². The molecule has 1 amide bonds. The van der Waals surface area contributed by atoms with E-state index in [1.807, 2.05) is 38.1 Å². The average molecular weight is 396 g/mol. The highest BCUT2D eigenvalue weighted by atomic mass is 32.1. The van der Waals surface area contributed by atoms with Crippen LogP contribution in [0.15, 0.2) is 27.8 Å². The molecule has 0 saturated carbocycles. The van der Waals surface area contributed by atoms with Crippen LogP contribution in [0.5, 0.6) is 0 Å². The molecule has 3 rings (SSSR count). The number of thiophene rings is 1. The summed E-state index contributed by atoms with van der Waals surface area (Å²) in [5.41, 5.74) is 2.32. The number of aromatic amines is 1. The number of carbonyl (C=O) groups excluding carboxylic acids is 1. The SMILES string of the molecule is Cc1ccc(NC(=O)c2sc3[nH]c(=O)n(CCCC#N)c(=O)c3c2C)c(C)c1. The van der Waals surface area contributed by atoms with Gasteiger partial charge in [0.25, 0.3) is 11.5 Å². The van der Waals surface area contributed by atoms with Crippen LogP contribution in [0.1, 0.15) is 39.2 Å². The Balaban J connectivity index is 2.01. The summed E-state index contributed by atoms with van der Waals surface area (Å²) in [6, 6.07) is 7.73. The minimum atomic E-state index is -0.530. The van der Waals surface area contributed by atoms with Gasteiger partial charge in [-0.05, 0) is 44.4 Å². The molecule has 0 saturated heterocycles. The number of unbranched alkanes of at least 4 members (excludes halogenated alkanes) is 1. The van der Waals surface area contributed by atoms with Crippen LogP contribution in [0, 0.1) is 32.1 Å². The zero-order valence-electron chi connectivity index (χ0n) is 15.9. The van der Waals surface area contributed by atoms with Crippen LogP contribution in [-0.4, -0.2) is 15.5 Å². The number of carbonyl (C=O) groups is 1. The van der Waals surface area contributed by atoms with Crippen LogP contribution < -0.4 is 16.6 Å². The van der Waals surface area contributed by atoms with E-state index in [1.165, 1.54) is 0 Å². The molecule has 0 aliphatic rings. The maximum Gasteiger partial charge on any atom is 0.329 e. The summed E-state index contributed by atoms with van der Waals surface area (Å²) in [5.74, 6) is -0.318. The first kappa shape index (κ1) is 19.6. The van der Waals surface area contributed by atoms with E-state index in [4.69, 9.17) is 5.26 Å². The highest BCUT2D eigenvalue weighted by Crippen LogP contribution is 2.27. The number of amides is 1. The third-order valence-electron chi connectivity index (χ3n) is 4.58. The number of nitriles is 1. The van der Waals surface area contributed by atoms with Gasteiger partial charge in [-0.3, -0.25) is 19.1 Å². The van der Waals surface area contributed by atoms with Crippen molar-refractivity contribution >= 4 is 33.1 Å². The molecule has 0 spiro atoms. The van der Waals surface area contributed by atoms with E-state index < -0.39 is 11.2 Å². The summed E-state index contributed by atoms with van der Waals surface area (Å²) in [4.78, 5) is 41.3. The van der Waals surface area contributed by atoms with Crippen LogP contribution >= 0.6 is 11.3 Å². The molecule has 0 atom stereocenters. The number of rotatable bonds is 5. The van der Waals surface area contributed by atoms with E-state index in [0.29, 0.717) is 32.8 Å². The van der Waals surface area contributed by atoms with Gasteiger partial charge in [-0.25, -0.2) is 4.79 Å². The van der Waals surface area contributed by atoms with Crippen molar-refractivity contribution < 1.29 is 4.79 Å². The van der Waals surface area contributed by atoms with Crippen LogP contribution in [0.25, 0.3) is 10.2 Å². The molecular formula is C20H20N4O3S. The van der Waals surface area contributed by atoms with E-state index in [2.05, 4.69) is 10.3 Å². The van der Waals surface area contributed by atoms with Gasteiger partial charge in [-0.1, -0.05) is 17.7 Å². The molecule has 2 aromatic heterocycles. The smallest absolute Gasteiger partial charge is 0.321 e. The number of anilines is 1. The predicted octanol–water partition coefficient (Wildman–Crippen LogP) is 3.23. The van der Waals surface area contributed by atoms with Gasteiger partial charge in [0, 0.05) is 18.7 Å². The Bertz CT molecular complexity index is 1230. The highest BCUT2D eigenvalue weighted by molar-refractivity contribution is 7.20. The Morgan fingerprint density at radius 2 is 2.04 bits per heavy atom. The van der Waals surface area contributed by atoms with Gasteiger partial charge in [0.15, 0.2) is 0 Å². The number of hydrogen-bond acceptors (Lipinski definition) is 5. The fourth-order valence-electron chi connectivity index (χ4n) is 3.12. The number of aromatic nitrogens is 2. The fourth-order valence-corrected chi connectivity index (χ4v) is 4.20. The van der Waals surface area contributed by atoms with Gasteiger partial charge in [-0.2, -0.15) is 5.26 Å². The van der Waals surface area contributed by atoms with Gasteiger partial charge in [0.2, 0.25) is 0 Å². The van der Waals surface area contributed by atoms with Crippen molar-refractivity contribution in [2.75, 3.05) is 5.32 Å². The number of hydrogen-bond donors (Lipinski definition) is 2. The molecule has 3 aromatic rings. The Kier molecular flexibility index (Phi) is 5.47. The Morgan fingerprint density at radius 1 is 1.29 bits per heavy atom. The summed E-state index contributed by atoms with van der Waals surface area (Å²) in [7, 11) is 0. The maximum absolute atomic E-state index is 12.8. The molecule has 28 heavy (non-hydrogen) atoms. The van der Waals surface area contributed by atoms with Gasteiger partial charge in [0.05, 0.1) is 16.3 Å². The number of H-pyrrole nitrogens is 1. The number of nitrogens with zero attached hydrogens (tertiary/aromatic N) is 2. The molecule has 1 aromatic carbocycles. The third kappa shape index (κ3) is 3.62. The average Bonchev–Trinajstić information content (AvgIpc) is 2.96. The summed E-state index contributed by atoms with van der Waals surface area (Å²) >= 11 is 1.09. The van der Waals surface area contributed by atoms with Crippen molar-refractivity contribution in [2.24, 2.45) is 0 Å². The second-order valence-electron chi connectivity index (χ2n) is 6.68. The zero-order chi connectivity index (χ0) is 20.4. The highest BCUT2D eigenvalue weighted by Gasteiger charge is 2.20. The van der Waals surface area contributed by atoms with Crippen molar-refractivity contribution in [1.29, 1.82) is 5.26 Å². The second kappa shape index (κ2) is 7.82. The van der Waals surface area contributed by atoms with Crippen molar-refractivity contribution in [3.05, 3.63) is 60.6 Å². The van der Waals surface area contributed by atoms with E-state index >= 15 is 0 Å². The molecule has 0 radical (unpaired) electrons. The first-order valence-corrected chi connectivity index (χ1v) is 9.67. The number of benzene rings is 1. The number of nitrogens with one attached hydrogen (secondary N) is 2. The van der Waals surface area contributed by atoms with E-state index in [0.717, 1.165) is 27.0 Å². The lowest BCUT2D eigenvalue weighted by Crippen LogP contribution is -2.34. The first-order valence-electron chi connectivity index (χ1n) is 8.85. The maximum atomic E-state index is 12.8. The lowest BCUT2D eigenvalue weighted by molar-refractivity contribution is 0.103. The first-order chi connectivity index (χ1) is 13.3. The number of aryl methyl sites for hydroxylation is 3. The minimum Gasteiger partial charge on any atom is -0.321 e. The molecular weight excluding hydrogens is 376 g/mol. The van der Waals surface area contributed by atoms with Crippen LogP contribution in [-0.2, 0) is 6.54 Å². The van der Waals surface area contributed by atoms with Gasteiger partial charge < -0.3 is 5.32 Å². The molecule has 0 unspecified atom stereocenters. The Labute approximate surface area is 165 Å². The van der Waals surface area contributed by atoms with E-state index in [-0.39, 0.29) is 18.9 Å². The van der Waals surface area contributed by atoms with Gasteiger partial charge in [0.1, 0.15) is 4.83 Å². The molecule has 2 heterocycles. The fraction of sp³-hybridized carbons (Fsp3) is 0.300. The van der Waals surface area contributed by atoms with Crippen LogP contribution in [0.2, 0.25) is 0 Å². The molecule has 0 aliphatic heterocycles. The van der Waals surface area contributed by atoms with E-state index in [1.54, 1.807) is 6.92 Å². The van der Waals surface area contributed by atoms with Gasteiger partial charge in [-0.15, -0.1) is 11.3 Å². The number of fused-ring (bicyclic) bond motifs is 1. The molecule has 7 nitrogen and oxygen atoms in total. The molecule has 0 bridgehead atoms. The third-order valence-corrected chi connectivity index (χ3v) is 5.78. The molecule has 0 aliphatic carbocycles. The topological polar surface area (TPSA) is 108 Å². The monoisotopic (exact) mass is 396 g/mol. The molecule has 2 N–H and O–H groups in total. The predicted molar refractivity (Wildman–Crippen MR) is 110 cm³/mol. The van der Waals surface area contributed by atoms with Crippen molar-refractivity contribution in [3.63, 3.8) is 0 Å². The largest absolute Gasteiger partial charge is 0.329 e. The van der Waals surface area contributed by atoms with Crippen LogP contribution in [0.4, 0.5) is 5.69 Å². The van der Waals surface area contributed by atoms with Crippen molar-refractivity contribution in [3.8, 4) is 6.07 Å². The Morgan fingerprint density at radius 3 is 2.71 bits per heavy atom. The lowest BCUT2D eigenvalue weighted by atomic mass is 10.1. The molecule has 0 fully saturated rings. The van der Waals surface area contributed by atoms with E-state index in [9.17, 15) is 14.4 Å². The summed E-state index contributed by atoms with van der Waals surface area (Å²) in [6.07, 6.45) is 0.671. The van der Waals surface area contributed by atoms with Crippen molar-refractivity contribution in [1.82, 2.24) is 9.55 Å². The zero-order valence-corrected chi connectivity index (χ0v) is 16.7. The second-order valence-corrected chi connectivity index (χ2v) is 7.70. The normalized spacial score (nSPS) is 10.8. The summed E-state index contributed by atoms with van der Waals surface area (Å²) < 4.78 is 1.09. The minimum absolute atomic E-state index is 0.164. The Hall–Kier alpha value is -3.18. The molecule has 8 heteroatoms. The summed E-state index contributed by atoms with van der Waals surface area (Å²) in [6.45, 7) is 5.76. The molecule has 144 valence electrons. The van der Waals surface area contributed by atoms with Crippen molar-refractivity contribution in [2.45, 2.75) is 40.2 Å².